The fourth-order valence-corrected chi connectivity index (χ4v) is 8.15. The smallest absolute Gasteiger partial charge is 0.320 e. The number of piperazine rings is 1. The SMILES string of the molecule is CC(C)N(CC(O)COc1cccc2[nH]ccc12)C(=O)N1CCN(C(=O)C23CC4CC(CC(C4)C2)C3)CC1. The van der Waals surface area contributed by atoms with Gasteiger partial charge in [0.15, 0.2) is 0 Å². The highest BCUT2D eigenvalue weighted by Crippen LogP contribution is 2.60. The van der Waals surface area contributed by atoms with Crippen LogP contribution in [0.25, 0.3) is 10.9 Å². The van der Waals surface area contributed by atoms with Crippen LogP contribution in [0.15, 0.2) is 30.5 Å². The standard InChI is InChI=1S/C30H42N4O4/c1-20(2)34(18-24(35)19-38-27-5-3-4-26-25(27)6-7-31-26)29(37)33-10-8-32(9-11-33)28(36)30-15-21-12-22(16-30)14-23(13-21)17-30/h3-7,20-24,31,35H,8-19H2,1-2H3. The summed E-state index contributed by atoms with van der Waals surface area (Å²) in [5.41, 5.74) is 0.858. The zero-order valence-corrected chi connectivity index (χ0v) is 22.8. The first-order chi connectivity index (χ1) is 18.3. The van der Waals surface area contributed by atoms with Gasteiger partial charge in [0.2, 0.25) is 5.91 Å². The number of aliphatic hydroxyl groups excluding tert-OH is 1. The molecule has 2 heterocycles. The van der Waals surface area contributed by atoms with Crippen LogP contribution in [-0.2, 0) is 4.79 Å². The van der Waals surface area contributed by atoms with Crippen molar-refractivity contribution in [1.29, 1.82) is 0 Å². The number of amides is 3. The molecule has 4 bridgehead atoms. The molecule has 1 unspecified atom stereocenters. The first kappa shape index (κ1) is 25.5. The van der Waals surface area contributed by atoms with Crippen molar-refractivity contribution in [3.63, 3.8) is 0 Å². The van der Waals surface area contributed by atoms with Crippen LogP contribution in [0.4, 0.5) is 4.79 Å². The monoisotopic (exact) mass is 522 g/mol. The predicted octanol–water partition coefficient (Wildman–Crippen LogP) is 4.10. The number of aromatic amines is 1. The average Bonchev–Trinajstić information content (AvgIpc) is 3.38. The molecule has 38 heavy (non-hydrogen) atoms. The van der Waals surface area contributed by atoms with E-state index in [0.29, 0.717) is 37.8 Å². The van der Waals surface area contributed by atoms with Gasteiger partial charge < -0.3 is 29.5 Å². The van der Waals surface area contributed by atoms with Crippen LogP contribution >= 0.6 is 0 Å². The maximum Gasteiger partial charge on any atom is 0.320 e. The lowest BCUT2D eigenvalue weighted by Crippen LogP contribution is -2.60. The molecular weight excluding hydrogens is 480 g/mol. The summed E-state index contributed by atoms with van der Waals surface area (Å²) < 4.78 is 5.92. The quantitative estimate of drug-likeness (QED) is 0.573. The summed E-state index contributed by atoms with van der Waals surface area (Å²) in [7, 11) is 0. The Morgan fingerprint density at radius 1 is 1.03 bits per heavy atom. The van der Waals surface area contributed by atoms with Crippen molar-refractivity contribution in [3.05, 3.63) is 30.5 Å². The largest absolute Gasteiger partial charge is 0.490 e. The second-order valence-corrected chi connectivity index (χ2v) is 12.7. The number of ether oxygens (including phenoxy) is 1. The molecule has 1 saturated heterocycles. The summed E-state index contributed by atoms with van der Waals surface area (Å²) in [6, 6.07) is 7.60. The van der Waals surface area contributed by atoms with E-state index >= 15 is 0 Å². The Balaban J connectivity index is 1.03. The van der Waals surface area contributed by atoms with Gasteiger partial charge in [0.1, 0.15) is 18.5 Å². The zero-order chi connectivity index (χ0) is 26.4. The van der Waals surface area contributed by atoms with E-state index in [-0.39, 0.29) is 30.6 Å². The molecule has 2 N–H and O–H groups in total. The molecule has 4 saturated carbocycles. The van der Waals surface area contributed by atoms with E-state index in [9.17, 15) is 14.7 Å². The number of nitrogens with zero attached hydrogens (tertiary/aromatic N) is 3. The van der Waals surface area contributed by atoms with Crippen LogP contribution in [-0.4, -0.2) is 88.2 Å². The summed E-state index contributed by atoms with van der Waals surface area (Å²) in [5.74, 6) is 3.32. The van der Waals surface area contributed by atoms with Gasteiger partial charge >= 0.3 is 6.03 Å². The molecule has 5 fully saturated rings. The predicted molar refractivity (Wildman–Crippen MR) is 146 cm³/mol. The normalized spacial score (nSPS) is 29.2. The number of aliphatic hydroxyl groups is 1. The van der Waals surface area contributed by atoms with Crippen molar-refractivity contribution < 1.29 is 19.4 Å². The van der Waals surface area contributed by atoms with Gasteiger partial charge in [-0.15, -0.1) is 0 Å². The molecule has 3 amide bonds. The van der Waals surface area contributed by atoms with Gasteiger partial charge in [-0.25, -0.2) is 4.79 Å². The Hall–Kier alpha value is -2.74. The Labute approximate surface area is 225 Å². The number of H-pyrrole nitrogens is 1. The molecule has 1 aromatic carbocycles. The van der Waals surface area contributed by atoms with Crippen molar-refractivity contribution in [2.75, 3.05) is 39.3 Å². The highest BCUT2D eigenvalue weighted by atomic mass is 16.5. The molecular formula is C30H42N4O4. The first-order valence-corrected chi connectivity index (χ1v) is 14.5. The van der Waals surface area contributed by atoms with E-state index in [1.165, 1.54) is 19.3 Å². The first-order valence-electron chi connectivity index (χ1n) is 14.5. The number of hydrogen-bond acceptors (Lipinski definition) is 4. The topological polar surface area (TPSA) is 89.1 Å². The van der Waals surface area contributed by atoms with E-state index in [4.69, 9.17) is 4.74 Å². The number of benzene rings is 1. The summed E-state index contributed by atoms with van der Waals surface area (Å²) in [6.45, 7) is 6.54. The molecule has 5 aliphatic rings. The second kappa shape index (κ2) is 10.1. The van der Waals surface area contributed by atoms with E-state index in [1.807, 2.05) is 54.1 Å². The lowest BCUT2D eigenvalue weighted by molar-refractivity contribution is -0.159. The minimum atomic E-state index is -0.811. The van der Waals surface area contributed by atoms with Crippen molar-refractivity contribution in [2.24, 2.45) is 23.2 Å². The average molecular weight is 523 g/mol. The number of urea groups is 1. The fourth-order valence-electron chi connectivity index (χ4n) is 8.15. The van der Waals surface area contributed by atoms with E-state index < -0.39 is 6.10 Å². The fraction of sp³-hybridized carbons (Fsp3) is 0.667. The summed E-state index contributed by atoms with van der Waals surface area (Å²) in [6.07, 6.45) is 8.29. The Kier molecular flexibility index (Phi) is 6.79. The van der Waals surface area contributed by atoms with Gasteiger partial charge in [0.05, 0.1) is 12.0 Å². The maximum absolute atomic E-state index is 13.7. The Morgan fingerprint density at radius 3 is 2.29 bits per heavy atom. The van der Waals surface area contributed by atoms with Crippen molar-refractivity contribution >= 4 is 22.8 Å². The third-order valence-electron chi connectivity index (χ3n) is 9.59. The molecule has 4 aliphatic carbocycles. The summed E-state index contributed by atoms with van der Waals surface area (Å²) in [4.78, 5) is 36.0. The third kappa shape index (κ3) is 4.76. The second-order valence-electron chi connectivity index (χ2n) is 12.7. The van der Waals surface area contributed by atoms with Crippen molar-refractivity contribution in [2.45, 2.75) is 64.5 Å². The zero-order valence-electron chi connectivity index (χ0n) is 22.8. The van der Waals surface area contributed by atoms with Crippen molar-refractivity contribution in [1.82, 2.24) is 19.7 Å². The number of carbonyl (C=O) groups is 2. The van der Waals surface area contributed by atoms with Crippen LogP contribution in [0.2, 0.25) is 0 Å². The number of fused-ring (bicyclic) bond motifs is 1. The van der Waals surface area contributed by atoms with E-state index in [2.05, 4.69) is 4.98 Å². The highest BCUT2D eigenvalue weighted by Gasteiger charge is 2.55. The van der Waals surface area contributed by atoms with Gasteiger partial charge in [-0.1, -0.05) is 6.07 Å². The Morgan fingerprint density at radius 2 is 1.66 bits per heavy atom. The van der Waals surface area contributed by atoms with Crippen LogP contribution < -0.4 is 4.74 Å². The number of hydrogen-bond donors (Lipinski definition) is 2. The lowest BCUT2D eigenvalue weighted by atomic mass is 9.49. The van der Waals surface area contributed by atoms with Gasteiger partial charge in [0.25, 0.3) is 0 Å². The minimum Gasteiger partial charge on any atom is -0.490 e. The van der Waals surface area contributed by atoms with Crippen LogP contribution in [0.1, 0.15) is 52.4 Å². The van der Waals surface area contributed by atoms with E-state index in [0.717, 1.165) is 47.9 Å². The third-order valence-corrected chi connectivity index (χ3v) is 9.59. The van der Waals surface area contributed by atoms with Gasteiger partial charge in [-0.3, -0.25) is 4.79 Å². The van der Waals surface area contributed by atoms with Crippen LogP contribution in [0.3, 0.4) is 0 Å². The molecule has 2 aromatic rings. The van der Waals surface area contributed by atoms with Crippen molar-refractivity contribution in [3.8, 4) is 5.75 Å². The maximum atomic E-state index is 13.7. The summed E-state index contributed by atoms with van der Waals surface area (Å²) >= 11 is 0. The molecule has 1 aromatic heterocycles. The number of carbonyl (C=O) groups excluding carboxylic acids is 2. The summed E-state index contributed by atoms with van der Waals surface area (Å²) in [5, 5.41) is 11.7. The van der Waals surface area contributed by atoms with Crippen LogP contribution in [0.5, 0.6) is 5.75 Å². The van der Waals surface area contributed by atoms with Crippen LogP contribution in [0, 0.1) is 23.2 Å². The van der Waals surface area contributed by atoms with Gasteiger partial charge in [0, 0.05) is 49.3 Å². The molecule has 206 valence electrons. The minimum absolute atomic E-state index is 0.0584. The molecule has 0 radical (unpaired) electrons. The highest BCUT2D eigenvalue weighted by molar-refractivity contribution is 5.86. The lowest BCUT2D eigenvalue weighted by Gasteiger charge is -2.57. The van der Waals surface area contributed by atoms with Gasteiger partial charge in [-0.05, 0) is 88.3 Å². The van der Waals surface area contributed by atoms with Gasteiger partial charge in [-0.2, -0.15) is 0 Å². The molecule has 1 aliphatic heterocycles. The number of nitrogens with one attached hydrogen (secondary N) is 1. The molecule has 8 heteroatoms. The number of rotatable bonds is 7. The molecule has 1 atom stereocenters. The Bertz CT molecular complexity index is 1130. The molecule has 0 spiro atoms. The van der Waals surface area contributed by atoms with E-state index in [1.54, 1.807) is 4.90 Å². The number of aromatic nitrogens is 1. The molecule has 7 rings (SSSR count). The molecule has 8 nitrogen and oxygen atoms in total.